The van der Waals surface area contributed by atoms with Gasteiger partial charge in [-0.25, -0.2) is 0 Å². The summed E-state index contributed by atoms with van der Waals surface area (Å²) in [7, 11) is 0. The molecule has 1 aliphatic rings. The van der Waals surface area contributed by atoms with E-state index in [0.29, 0.717) is 11.7 Å². The van der Waals surface area contributed by atoms with E-state index in [1.165, 1.54) is 25.7 Å². The number of carbonyl (C=O) groups is 1. The van der Waals surface area contributed by atoms with Crippen molar-refractivity contribution in [1.29, 1.82) is 0 Å². The van der Waals surface area contributed by atoms with E-state index < -0.39 is 0 Å². The summed E-state index contributed by atoms with van der Waals surface area (Å²) >= 11 is 0. The van der Waals surface area contributed by atoms with Crippen molar-refractivity contribution in [3.05, 3.63) is 0 Å². The Morgan fingerprint density at radius 2 is 1.87 bits per heavy atom. The van der Waals surface area contributed by atoms with Crippen LogP contribution >= 0.6 is 0 Å². The largest absolute Gasteiger partial charge is 0.328 e. The van der Waals surface area contributed by atoms with Gasteiger partial charge in [0.1, 0.15) is 5.78 Å². The lowest BCUT2D eigenvalue weighted by Crippen LogP contribution is -2.17. The zero-order chi connectivity index (χ0) is 11.1. The molecule has 0 aliphatic heterocycles. The second kappa shape index (κ2) is 7.00. The lowest BCUT2D eigenvalue weighted by Gasteiger charge is -2.12. The molecule has 2 nitrogen and oxygen atoms in total. The molecule has 0 aromatic heterocycles. The summed E-state index contributed by atoms with van der Waals surface area (Å²) in [5, 5.41) is 0. The van der Waals surface area contributed by atoms with E-state index in [2.05, 4.69) is 0 Å². The average Bonchev–Trinajstić information content (AvgIpc) is 2.44. The highest BCUT2D eigenvalue weighted by molar-refractivity contribution is 5.80. The van der Waals surface area contributed by atoms with Gasteiger partial charge in [-0.15, -0.1) is 0 Å². The van der Waals surface area contributed by atoms with Gasteiger partial charge in [0.05, 0.1) is 0 Å². The van der Waals surface area contributed by atoms with Gasteiger partial charge in [0.15, 0.2) is 0 Å². The van der Waals surface area contributed by atoms with Crippen molar-refractivity contribution in [2.75, 3.05) is 0 Å². The topological polar surface area (TPSA) is 43.1 Å². The number of hydrogen-bond acceptors (Lipinski definition) is 2. The molecule has 1 atom stereocenters. The molecule has 0 heterocycles. The van der Waals surface area contributed by atoms with Crippen LogP contribution in [0.15, 0.2) is 0 Å². The highest BCUT2D eigenvalue weighted by Gasteiger charge is 2.19. The summed E-state index contributed by atoms with van der Waals surface area (Å²) in [6, 6.07) is 0.243. The van der Waals surface area contributed by atoms with Crippen LogP contribution in [-0.4, -0.2) is 11.8 Å². The van der Waals surface area contributed by atoms with Crippen molar-refractivity contribution >= 4 is 5.78 Å². The highest BCUT2D eigenvalue weighted by Crippen LogP contribution is 2.25. The van der Waals surface area contributed by atoms with E-state index >= 15 is 0 Å². The molecule has 0 aromatic rings. The third kappa shape index (κ3) is 5.31. The zero-order valence-corrected chi connectivity index (χ0v) is 10.0. The molecular weight excluding hydrogens is 186 g/mol. The number of ketones is 1. The van der Waals surface area contributed by atoms with E-state index in [1.807, 2.05) is 6.92 Å². The predicted molar refractivity (Wildman–Crippen MR) is 63.7 cm³/mol. The quantitative estimate of drug-likeness (QED) is 0.710. The Balaban J connectivity index is 2.19. The normalized spacial score (nSPS) is 20.9. The Kier molecular flexibility index (Phi) is 5.92. The summed E-state index contributed by atoms with van der Waals surface area (Å²) < 4.78 is 0. The van der Waals surface area contributed by atoms with Crippen LogP contribution in [0.2, 0.25) is 0 Å². The van der Waals surface area contributed by atoms with Crippen LogP contribution in [0, 0.1) is 5.92 Å². The molecule has 0 spiro atoms. The molecule has 1 fully saturated rings. The summed E-state index contributed by atoms with van der Waals surface area (Å²) in [6.07, 6.45) is 10.1. The van der Waals surface area contributed by atoms with E-state index in [4.69, 9.17) is 5.73 Å². The summed E-state index contributed by atoms with van der Waals surface area (Å²) in [5.74, 6) is 0.873. The predicted octanol–water partition coefficient (Wildman–Crippen LogP) is 3.04. The van der Waals surface area contributed by atoms with Crippen LogP contribution in [0.4, 0.5) is 0 Å². The fraction of sp³-hybridized carbons (Fsp3) is 0.923. The molecule has 0 radical (unpaired) electrons. The van der Waals surface area contributed by atoms with E-state index in [0.717, 1.165) is 32.1 Å². The maximum Gasteiger partial charge on any atom is 0.135 e. The SMILES string of the molecule is CC(N)CCCC(=O)C1CCCCCC1. The van der Waals surface area contributed by atoms with Crippen molar-refractivity contribution < 1.29 is 4.79 Å². The zero-order valence-electron chi connectivity index (χ0n) is 10.0. The minimum Gasteiger partial charge on any atom is -0.328 e. The van der Waals surface area contributed by atoms with Crippen LogP contribution < -0.4 is 5.73 Å². The molecule has 0 bridgehead atoms. The number of Topliss-reactive ketones (excluding diaryl/α,β-unsaturated/α-hetero) is 1. The summed E-state index contributed by atoms with van der Waals surface area (Å²) in [6.45, 7) is 2.01. The molecular formula is C13H25NO. The molecule has 1 rings (SSSR count). The fourth-order valence-electron chi connectivity index (χ4n) is 2.40. The maximum atomic E-state index is 11.9. The number of nitrogens with two attached hydrogens (primary N) is 1. The molecule has 0 saturated heterocycles. The van der Waals surface area contributed by atoms with Crippen LogP contribution in [0.5, 0.6) is 0 Å². The minimum absolute atomic E-state index is 0.243. The highest BCUT2D eigenvalue weighted by atomic mass is 16.1. The lowest BCUT2D eigenvalue weighted by molar-refractivity contribution is -0.123. The second-order valence-corrected chi connectivity index (χ2v) is 5.02. The summed E-state index contributed by atoms with van der Waals surface area (Å²) in [5.41, 5.74) is 5.67. The van der Waals surface area contributed by atoms with E-state index in [1.54, 1.807) is 0 Å². The molecule has 0 aromatic carbocycles. The number of rotatable bonds is 5. The average molecular weight is 211 g/mol. The molecule has 2 heteroatoms. The first kappa shape index (κ1) is 12.7. The van der Waals surface area contributed by atoms with Gasteiger partial charge in [0.25, 0.3) is 0 Å². The lowest BCUT2D eigenvalue weighted by atomic mass is 9.92. The summed E-state index contributed by atoms with van der Waals surface area (Å²) in [4.78, 5) is 11.9. The van der Waals surface area contributed by atoms with Crippen molar-refractivity contribution in [2.45, 2.75) is 70.8 Å². The molecule has 0 amide bonds. The van der Waals surface area contributed by atoms with Crippen molar-refractivity contribution in [3.8, 4) is 0 Å². The molecule has 15 heavy (non-hydrogen) atoms. The van der Waals surface area contributed by atoms with Gasteiger partial charge < -0.3 is 5.73 Å². The van der Waals surface area contributed by atoms with Crippen molar-refractivity contribution in [1.82, 2.24) is 0 Å². The molecule has 1 unspecified atom stereocenters. The Morgan fingerprint density at radius 3 is 2.40 bits per heavy atom. The fourth-order valence-corrected chi connectivity index (χ4v) is 2.40. The van der Waals surface area contributed by atoms with Crippen molar-refractivity contribution in [2.24, 2.45) is 11.7 Å². The first-order chi connectivity index (χ1) is 7.20. The van der Waals surface area contributed by atoms with E-state index in [-0.39, 0.29) is 6.04 Å². The molecule has 1 aliphatic carbocycles. The number of carbonyl (C=O) groups excluding carboxylic acids is 1. The van der Waals surface area contributed by atoms with E-state index in [9.17, 15) is 4.79 Å². The van der Waals surface area contributed by atoms with Gasteiger partial charge >= 0.3 is 0 Å². The Labute approximate surface area is 93.6 Å². The van der Waals surface area contributed by atoms with Crippen LogP contribution in [0.25, 0.3) is 0 Å². The maximum absolute atomic E-state index is 11.9. The second-order valence-electron chi connectivity index (χ2n) is 5.02. The van der Waals surface area contributed by atoms with Crippen LogP contribution in [0.1, 0.15) is 64.7 Å². The first-order valence-electron chi connectivity index (χ1n) is 6.48. The first-order valence-corrected chi connectivity index (χ1v) is 6.48. The van der Waals surface area contributed by atoms with Gasteiger partial charge in [0.2, 0.25) is 0 Å². The van der Waals surface area contributed by atoms with Gasteiger partial charge in [-0.2, -0.15) is 0 Å². The molecule has 2 N–H and O–H groups in total. The molecule has 88 valence electrons. The van der Waals surface area contributed by atoms with Crippen LogP contribution in [0.3, 0.4) is 0 Å². The Morgan fingerprint density at radius 1 is 1.27 bits per heavy atom. The smallest absolute Gasteiger partial charge is 0.135 e. The van der Waals surface area contributed by atoms with Crippen molar-refractivity contribution in [3.63, 3.8) is 0 Å². The van der Waals surface area contributed by atoms with Gasteiger partial charge in [-0.05, 0) is 32.6 Å². The Hall–Kier alpha value is -0.370. The standard InChI is InChI=1S/C13H25NO/c1-11(14)7-6-10-13(15)12-8-4-2-3-5-9-12/h11-12H,2-10,14H2,1H3. The third-order valence-electron chi connectivity index (χ3n) is 3.39. The molecule has 1 saturated carbocycles. The van der Waals surface area contributed by atoms with Gasteiger partial charge in [-0.1, -0.05) is 25.7 Å². The van der Waals surface area contributed by atoms with Gasteiger partial charge in [0, 0.05) is 18.4 Å². The minimum atomic E-state index is 0.243. The monoisotopic (exact) mass is 211 g/mol. The number of hydrogen-bond donors (Lipinski definition) is 1. The Bertz CT molecular complexity index is 181. The van der Waals surface area contributed by atoms with Gasteiger partial charge in [-0.3, -0.25) is 4.79 Å². The van der Waals surface area contributed by atoms with Crippen LogP contribution in [-0.2, 0) is 4.79 Å². The third-order valence-corrected chi connectivity index (χ3v) is 3.39.